The first-order valence-electron chi connectivity index (χ1n) is 8.37. The number of carbonyl (C=O) groups excluding carboxylic acids is 1. The number of rotatable bonds is 5. The second-order valence-electron chi connectivity index (χ2n) is 6.38. The van der Waals surface area contributed by atoms with Gasteiger partial charge in [-0.05, 0) is 40.9 Å². The van der Waals surface area contributed by atoms with Crippen molar-refractivity contribution < 1.29 is 4.79 Å². The third-order valence-electron chi connectivity index (χ3n) is 4.29. The number of aromatic amines is 1. The fourth-order valence-corrected chi connectivity index (χ4v) is 3.73. The van der Waals surface area contributed by atoms with Crippen molar-refractivity contribution in [3.63, 3.8) is 0 Å². The maximum atomic E-state index is 12.8. The van der Waals surface area contributed by atoms with E-state index < -0.39 is 0 Å². The molecule has 3 aromatic rings. The minimum Gasteiger partial charge on any atom is -0.333 e. The van der Waals surface area contributed by atoms with Gasteiger partial charge in [0.25, 0.3) is 5.91 Å². The van der Waals surface area contributed by atoms with Crippen LogP contribution in [0.5, 0.6) is 0 Å². The second kappa shape index (κ2) is 7.00. The lowest BCUT2D eigenvalue weighted by molar-refractivity contribution is 0.0773. The Bertz CT molecular complexity index is 911. The molecule has 3 rings (SSSR count). The Hall–Kier alpha value is -2.15. The SMILES string of the molecule is CCn1c(CN(C)C(=O)c2n[nH]c(C(C)C)c2Br)nc2ccccc21. The van der Waals surface area contributed by atoms with Crippen molar-refractivity contribution in [2.24, 2.45) is 0 Å². The molecule has 0 spiro atoms. The van der Waals surface area contributed by atoms with E-state index in [1.165, 1.54) is 0 Å². The molecule has 1 aromatic carbocycles. The minimum atomic E-state index is -0.135. The number of nitrogens with one attached hydrogen (secondary N) is 1. The van der Waals surface area contributed by atoms with Gasteiger partial charge in [0.2, 0.25) is 0 Å². The average Bonchev–Trinajstić information content (AvgIpc) is 3.13. The predicted octanol–water partition coefficient (Wildman–Crippen LogP) is 3.94. The molecule has 2 aromatic heterocycles. The zero-order chi connectivity index (χ0) is 18.1. The fourth-order valence-electron chi connectivity index (χ4n) is 2.93. The summed E-state index contributed by atoms with van der Waals surface area (Å²) in [4.78, 5) is 19.1. The summed E-state index contributed by atoms with van der Waals surface area (Å²) in [5.74, 6) is 0.998. The number of benzene rings is 1. The van der Waals surface area contributed by atoms with E-state index >= 15 is 0 Å². The first-order chi connectivity index (χ1) is 11.9. The van der Waals surface area contributed by atoms with Gasteiger partial charge in [0, 0.05) is 13.6 Å². The number of amides is 1. The van der Waals surface area contributed by atoms with Crippen LogP contribution in [0.4, 0.5) is 0 Å². The number of hydrogen-bond acceptors (Lipinski definition) is 3. The van der Waals surface area contributed by atoms with Gasteiger partial charge in [0.15, 0.2) is 5.69 Å². The zero-order valence-corrected chi connectivity index (χ0v) is 16.5. The normalized spacial score (nSPS) is 11.4. The van der Waals surface area contributed by atoms with E-state index in [-0.39, 0.29) is 11.8 Å². The lowest BCUT2D eigenvalue weighted by atomic mass is 10.1. The quantitative estimate of drug-likeness (QED) is 0.701. The molecule has 6 nitrogen and oxygen atoms in total. The van der Waals surface area contributed by atoms with Crippen LogP contribution >= 0.6 is 15.9 Å². The van der Waals surface area contributed by atoms with Gasteiger partial charge >= 0.3 is 0 Å². The molecule has 0 aliphatic carbocycles. The molecule has 1 amide bonds. The number of imidazole rings is 1. The molecule has 7 heteroatoms. The summed E-state index contributed by atoms with van der Waals surface area (Å²) in [7, 11) is 1.78. The van der Waals surface area contributed by atoms with Crippen molar-refractivity contribution in [1.82, 2.24) is 24.6 Å². The van der Waals surface area contributed by atoms with E-state index in [1.54, 1.807) is 11.9 Å². The van der Waals surface area contributed by atoms with Crippen molar-refractivity contribution in [3.05, 3.63) is 46.0 Å². The Labute approximate surface area is 155 Å². The fraction of sp³-hybridized carbons (Fsp3) is 0.389. The lowest BCUT2D eigenvalue weighted by Crippen LogP contribution is -2.28. The van der Waals surface area contributed by atoms with Crippen LogP contribution in [0.3, 0.4) is 0 Å². The van der Waals surface area contributed by atoms with Crippen molar-refractivity contribution in [2.45, 2.75) is 39.8 Å². The molecule has 0 fully saturated rings. The van der Waals surface area contributed by atoms with Crippen molar-refractivity contribution >= 4 is 32.9 Å². The van der Waals surface area contributed by atoms with Gasteiger partial charge in [-0.3, -0.25) is 9.89 Å². The van der Waals surface area contributed by atoms with Gasteiger partial charge < -0.3 is 9.47 Å². The molecule has 0 radical (unpaired) electrons. The standard InChI is InChI=1S/C18H22BrN5O/c1-5-24-13-9-7-6-8-12(13)20-14(24)10-23(4)18(25)17-15(19)16(11(2)3)21-22-17/h6-9,11H,5,10H2,1-4H3,(H,21,22). The van der Waals surface area contributed by atoms with Crippen molar-refractivity contribution in [2.75, 3.05) is 7.05 Å². The smallest absolute Gasteiger partial charge is 0.275 e. The highest BCUT2D eigenvalue weighted by Crippen LogP contribution is 2.26. The third-order valence-corrected chi connectivity index (χ3v) is 5.09. The number of para-hydroxylation sites is 2. The van der Waals surface area contributed by atoms with Gasteiger partial charge in [-0.1, -0.05) is 26.0 Å². The summed E-state index contributed by atoms with van der Waals surface area (Å²) >= 11 is 3.50. The summed E-state index contributed by atoms with van der Waals surface area (Å²) in [5.41, 5.74) is 3.37. The molecule has 1 N–H and O–H groups in total. The first-order valence-corrected chi connectivity index (χ1v) is 9.16. The monoisotopic (exact) mass is 403 g/mol. The first kappa shape index (κ1) is 17.7. The molecule has 132 valence electrons. The Morgan fingerprint density at radius 1 is 1.36 bits per heavy atom. The van der Waals surface area contributed by atoms with Crippen LogP contribution < -0.4 is 0 Å². The Morgan fingerprint density at radius 3 is 2.72 bits per heavy atom. The molecule has 0 saturated heterocycles. The highest BCUT2D eigenvalue weighted by atomic mass is 79.9. The molecular formula is C18H22BrN5O. The summed E-state index contributed by atoms with van der Waals surface area (Å²) in [6.45, 7) is 7.43. The van der Waals surface area contributed by atoms with Crippen LogP contribution in [0, 0.1) is 0 Å². The summed E-state index contributed by atoms with van der Waals surface area (Å²) in [6.07, 6.45) is 0. The topological polar surface area (TPSA) is 66.8 Å². The molecular weight excluding hydrogens is 382 g/mol. The Balaban J connectivity index is 1.87. The molecule has 0 atom stereocenters. The highest BCUT2D eigenvalue weighted by molar-refractivity contribution is 9.10. The highest BCUT2D eigenvalue weighted by Gasteiger charge is 2.23. The number of carbonyl (C=O) groups is 1. The summed E-state index contributed by atoms with van der Waals surface area (Å²) in [6, 6.07) is 8.02. The molecule has 0 bridgehead atoms. The van der Waals surface area contributed by atoms with Gasteiger partial charge in [-0.2, -0.15) is 5.10 Å². The number of halogens is 1. The van der Waals surface area contributed by atoms with Gasteiger partial charge in [-0.25, -0.2) is 4.98 Å². The van der Waals surface area contributed by atoms with E-state index in [0.29, 0.717) is 12.2 Å². The van der Waals surface area contributed by atoms with Crippen LogP contribution in [-0.2, 0) is 13.1 Å². The predicted molar refractivity (Wildman–Crippen MR) is 102 cm³/mol. The van der Waals surface area contributed by atoms with E-state index in [4.69, 9.17) is 0 Å². The van der Waals surface area contributed by atoms with Crippen LogP contribution in [0.1, 0.15) is 48.7 Å². The van der Waals surface area contributed by atoms with Crippen LogP contribution in [-0.4, -0.2) is 37.6 Å². The van der Waals surface area contributed by atoms with Gasteiger partial charge in [-0.15, -0.1) is 0 Å². The number of fused-ring (bicyclic) bond motifs is 1. The maximum absolute atomic E-state index is 12.8. The maximum Gasteiger partial charge on any atom is 0.275 e. The number of aryl methyl sites for hydroxylation is 1. The largest absolute Gasteiger partial charge is 0.333 e. The van der Waals surface area contributed by atoms with E-state index in [1.807, 2.05) is 18.2 Å². The molecule has 25 heavy (non-hydrogen) atoms. The Morgan fingerprint density at radius 2 is 2.08 bits per heavy atom. The number of aromatic nitrogens is 4. The number of hydrogen-bond donors (Lipinski definition) is 1. The third kappa shape index (κ3) is 3.20. The lowest BCUT2D eigenvalue weighted by Gasteiger charge is -2.16. The minimum absolute atomic E-state index is 0.135. The summed E-state index contributed by atoms with van der Waals surface area (Å²) < 4.78 is 2.88. The zero-order valence-electron chi connectivity index (χ0n) is 14.9. The van der Waals surface area contributed by atoms with Crippen LogP contribution in [0.2, 0.25) is 0 Å². The molecule has 0 saturated carbocycles. The Kier molecular flexibility index (Phi) is 4.94. The molecule has 2 heterocycles. The number of nitrogens with zero attached hydrogens (tertiary/aromatic N) is 4. The second-order valence-corrected chi connectivity index (χ2v) is 7.17. The average molecular weight is 404 g/mol. The van der Waals surface area contributed by atoms with Crippen LogP contribution in [0.25, 0.3) is 11.0 Å². The van der Waals surface area contributed by atoms with Crippen LogP contribution in [0.15, 0.2) is 28.7 Å². The molecule has 0 aliphatic heterocycles. The van der Waals surface area contributed by atoms with Crippen molar-refractivity contribution in [3.8, 4) is 0 Å². The summed E-state index contributed by atoms with van der Waals surface area (Å²) in [5, 5.41) is 7.15. The van der Waals surface area contributed by atoms with Gasteiger partial charge in [0.05, 0.1) is 27.7 Å². The van der Waals surface area contributed by atoms with E-state index in [9.17, 15) is 4.79 Å². The molecule has 0 unspecified atom stereocenters. The van der Waals surface area contributed by atoms with Gasteiger partial charge in [0.1, 0.15) is 5.82 Å². The molecule has 0 aliphatic rings. The van der Waals surface area contributed by atoms with Crippen molar-refractivity contribution in [1.29, 1.82) is 0 Å². The van der Waals surface area contributed by atoms with E-state index in [0.717, 1.165) is 33.6 Å². The number of H-pyrrole nitrogens is 1. The van der Waals surface area contributed by atoms with E-state index in [2.05, 4.69) is 62.5 Å².